The zero-order chi connectivity index (χ0) is 20.2. The summed E-state index contributed by atoms with van der Waals surface area (Å²) in [6.07, 6.45) is 4.96. The van der Waals surface area contributed by atoms with Crippen LogP contribution < -0.4 is 10.2 Å². The molecule has 1 aromatic carbocycles. The fourth-order valence-corrected chi connectivity index (χ4v) is 3.66. The maximum Gasteiger partial charge on any atom is 0.267 e. The van der Waals surface area contributed by atoms with Crippen LogP contribution in [0.5, 0.6) is 0 Å². The Kier molecular flexibility index (Phi) is 5.48. The molecule has 3 aromatic rings. The van der Waals surface area contributed by atoms with Crippen molar-refractivity contribution >= 4 is 34.8 Å². The lowest BCUT2D eigenvalue weighted by atomic mass is 10.1. The highest BCUT2D eigenvalue weighted by molar-refractivity contribution is 7.11. The third-order valence-electron chi connectivity index (χ3n) is 4.79. The van der Waals surface area contributed by atoms with Gasteiger partial charge in [-0.15, -0.1) is 11.3 Å². The van der Waals surface area contributed by atoms with Gasteiger partial charge in [-0.05, 0) is 30.7 Å². The van der Waals surface area contributed by atoms with E-state index in [1.165, 1.54) is 17.5 Å². The van der Waals surface area contributed by atoms with Crippen molar-refractivity contribution in [1.82, 2.24) is 19.9 Å². The molecule has 0 atom stereocenters. The van der Waals surface area contributed by atoms with Crippen LogP contribution in [-0.4, -0.2) is 57.8 Å². The van der Waals surface area contributed by atoms with E-state index in [0.29, 0.717) is 48.3 Å². The van der Waals surface area contributed by atoms with Gasteiger partial charge in [0.25, 0.3) is 11.8 Å². The van der Waals surface area contributed by atoms with E-state index in [4.69, 9.17) is 0 Å². The summed E-state index contributed by atoms with van der Waals surface area (Å²) < 4.78 is 0. The topological polar surface area (TPSA) is 91.3 Å². The fourth-order valence-electron chi connectivity index (χ4n) is 3.15. The van der Waals surface area contributed by atoms with Crippen molar-refractivity contribution in [2.24, 2.45) is 0 Å². The first-order valence-electron chi connectivity index (χ1n) is 9.23. The number of aryl methyl sites for hydroxylation is 1. The monoisotopic (exact) mass is 408 g/mol. The van der Waals surface area contributed by atoms with Crippen molar-refractivity contribution in [3.63, 3.8) is 0 Å². The third kappa shape index (κ3) is 4.24. The number of hydrogen-bond donors (Lipinski definition) is 1. The summed E-state index contributed by atoms with van der Waals surface area (Å²) in [5.41, 5.74) is 3.69. The highest BCUT2D eigenvalue weighted by Gasteiger charge is 2.24. The molecule has 1 aliphatic heterocycles. The lowest BCUT2D eigenvalue weighted by molar-refractivity contribution is 0.0746. The van der Waals surface area contributed by atoms with Gasteiger partial charge in [-0.25, -0.2) is 9.97 Å². The number of thiazole rings is 1. The summed E-state index contributed by atoms with van der Waals surface area (Å²) in [7, 11) is 0. The Balaban J connectivity index is 1.43. The van der Waals surface area contributed by atoms with Crippen LogP contribution in [0.4, 0.5) is 11.6 Å². The predicted molar refractivity (Wildman–Crippen MR) is 111 cm³/mol. The highest BCUT2D eigenvalue weighted by Crippen LogP contribution is 2.21. The predicted octanol–water partition coefficient (Wildman–Crippen LogP) is 2.46. The van der Waals surface area contributed by atoms with E-state index in [1.807, 2.05) is 17.9 Å². The summed E-state index contributed by atoms with van der Waals surface area (Å²) in [5.74, 6) is 0.409. The molecule has 0 aliphatic carbocycles. The Labute approximate surface area is 172 Å². The average Bonchev–Trinajstić information content (AvgIpc) is 3.31. The minimum absolute atomic E-state index is 0.0491. The van der Waals surface area contributed by atoms with Crippen molar-refractivity contribution < 1.29 is 9.59 Å². The molecule has 0 bridgehead atoms. The number of aromatic nitrogens is 3. The zero-order valence-corrected chi connectivity index (χ0v) is 16.7. The minimum atomic E-state index is -0.225. The van der Waals surface area contributed by atoms with Crippen LogP contribution >= 0.6 is 11.3 Å². The number of carbonyl (C=O) groups is 2. The molecule has 1 fully saturated rings. The standard InChI is InChI=1S/C20H20N6O2S/c1-14-3-4-15(11-16(14)24-18(27)17-12-21-13-29-17)19(28)25-7-9-26(10-8-25)20-22-5-2-6-23-20/h2-6,11-13H,7-10H2,1H3,(H,24,27). The van der Waals surface area contributed by atoms with Crippen LogP contribution in [0.1, 0.15) is 25.6 Å². The molecule has 1 N–H and O–H groups in total. The fraction of sp³-hybridized carbons (Fsp3) is 0.250. The van der Waals surface area contributed by atoms with E-state index in [2.05, 4.69) is 25.2 Å². The number of amides is 2. The molecule has 29 heavy (non-hydrogen) atoms. The van der Waals surface area contributed by atoms with Crippen molar-refractivity contribution in [3.8, 4) is 0 Å². The molecule has 9 heteroatoms. The van der Waals surface area contributed by atoms with Gasteiger partial charge in [0.05, 0.1) is 11.7 Å². The van der Waals surface area contributed by atoms with Crippen molar-refractivity contribution in [2.45, 2.75) is 6.92 Å². The van der Waals surface area contributed by atoms with Crippen molar-refractivity contribution in [3.05, 3.63) is 64.4 Å². The zero-order valence-electron chi connectivity index (χ0n) is 15.9. The van der Waals surface area contributed by atoms with Gasteiger partial charge in [0.2, 0.25) is 5.95 Å². The number of hydrogen-bond acceptors (Lipinski definition) is 7. The maximum atomic E-state index is 13.0. The quantitative estimate of drug-likeness (QED) is 0.713. The van der Waals surface area contributed by atoms with E-state index in [0.717, 1.165) is 5.56 Å². The molecule has 2 aromatic heterocycles. The van der Waals surface area contributed by atoms with E-state index < -0.39 is 0 Å². The van der Waals surface area contributed by atoms with Crippen LogP contribution in [0.2, 0.25) is 0 Å². The van der Waals surface area contributed by atoms with Crippen LogP contribution in [0.3, 0.4) is 0 Å². The van der Waals surface area contributed by atoms with Gasteiger partial charge >= 0.3 is 0 Å². The molecule has 1 aliphatic rings. The first kappa shape index (κ1) is 19.0. The van der Waals surface area contributed by atoms with Crippen LogP contribution in [0, 0.1) is 6.92 Å². The van der Waals surface area contributed by atoms with E-state index in [9.17, 15) is 9.59 Å². The van der Waals surface area contributed by atoms with E-state index in [1.54, 1.807) is 36.1 Å². The van der Waals surface area contributed by atoms with Gasteiger partial charge in [-0.1, -0.05) is 6.07 Å². The molecule has 0 spiro atoms. The molecular formula is C20H20N6O2S. The second-order valence-electron chi connectivity index (χ2n) is 6.68. The summed E-state index contributed by atoms with van der Waals surface area (Å²) >= 11 is 1.27. The maximum absolute atomic E-state index is 13.0. The Morgan fingerprint density at radius 2 is 1.86 bits per heavy atom. The number of nitrogens with zero attached hydrogens (tertiary/aromatic N) is 5. The second-order valence-corrected chi connectivity index (χ2v) is 7.56. The molecule has 2 amide bonds. The molecule has 3 heterocycles. The Morgan fingerprint density at radius 1 is 1.10 bits per heavy atom. The lowest BCUT2D eigenvalue weighted by Gasteiger charge is -2.34. The van der Waals surface area contributed by atoms with Crippen LogP contribution in [0.15, 0.2) is 48.4 Å². The summed E-state index contributed by atoms with van der Waals surface area (Å²) in [4.78, 5) is 42.2. The molecule has 0 unspecified atom stereocenters. The van der Waals surface area contributed by atoms with Gasteiger partial charge in [-0.3, -0.25) is 14.6 Å². The smallest absolute Gasteiger partial charge is 0.267 e. The van der Waals surface area contributed by atoms with Gasteiger partial charge < -0.3 is 15.1 Å². The van der Waals surface area contributed by atoms with Gasteiger partial charge in [0, 0.05) is 49.8 Å². The largest absolute Gasteiger partial charge is 0.337 e. The van der Waals surface area contributed by atoms with Gasteiger partial charge in [0.1, 0.15) is 4.88 Å². The number of piperazine rings is 1. The molecule has 0 radical (unpaired) electrons. The van der Waals surface area contributed by atoms with Crippen molar-refractivity contribution in [1.29, 1.82) is 0 Å². The number of rotatable bonds is 4. The van der Waals surface area contributed by atoms with Crippen LogP contribution in [-0.2, 0) is 0 Å². The summed E-state index contributed by atoms with van der Waals surface area (Å²) in [6.45, 7) is 4.43. The summed E-state index contributed by atoms with van der Waals surface area (Å²) in [5, 5.41) is 2.88. The SMILES string of the molecule is Cc1ccc(C(=O)N2CCN(c3ncccn3)CC2)cc1NC(=O)c1cncs1. The number of carbonyl (C=O) groups excluding carboxylic acids is 2. The number of anilines is 2. The molecule has 0 saturated carbocycles. The Morgan fingerprint density at radius 3 is 2.55 bits per heavy atom. The Bertz CT molecular complexity index is 1000. The Hall–Kier alpha value is -3.33. The molecule has 1 saturated heterocycles. The summed E-state index contributed by atoms with van der Waals surface area (Å²) in [6, 6.07) is 7.17. The molecular weight excluding hydrogens is 388 g/mol. The number of benzene rings is 1. The van der Waals surface area contributed by atoms with Gasteiger partial charge in [-0.2, -0.15) is 0 Å². The average molecular weight is 408 g/mol. The first-order valence-corrected chi connectivity index (χ1v) is 10.1. The van der Waals surface area contributed by atoms with E-state index >= 15 is 0 Å². The second kappa shape index (κ2) is 8.36. The van der Waals surface area contributed by atoms with Gasteiger partial charge in [0.15, 0.2) is 0 Å². The first-order chi connectivity index (χ1) is 14.1. The highest BCUT2D eigenvalue weighted by atomic mass is 32.1. The molecule has 148 valence electrons. The molecule has 4 rings (SSSR count). The van der Waals surface area contributed by atoms with E-state index in [-0.39, 0.29) is 11.8 Å². The number of nitrogens with one attached hydrogen (secondary N) is 1. The lowest BCUT2D eigenvalue weighted by Crippen LogP contribution is -2.49. The van der Waals surface area contributed by atoms with Crippen LogP contribution in [0.25, 0.3) is 0 Å². The minimum Gasteiger partial charge on any atom is -0.337 e. The molecule has 8 nitrogen and oxygen atoms in total. The van der Waals surface area contributed by atoms with Crippen molar-refractivity contribution in [2.75, 3.05) is 36.4 Å². The normalized spacial score (nSPS) is 14.0. The third-order valence-corrected chi connectivity index (χ3v) is 5.56.